The molecule has 1 amide bonds. The van der Waals surface area contributed by atoms with Crippen molar-refractivity contribution in [3.63, 3.8) is 0 Å². The van der Waals surface area contributed by atoms with Crippen molar-refractivity contribution >= 4 is 17.2 Å². The summed E-state index contributed by atoms with van der Waals surface area (Å²) in [6.07, 6.45) is 7.85. The van der Waals surface area contributed by atoms with Crippen LogP contribution in [0.1, 0.15) is 64.5 Å². The van der Waals surface area contributed by atoms with E-state index in [1.807, 2.05) is 5.51 Å². The van der Waals surface area contributed by atoms with Crippen molar-refractivity contribution in [1.29, 1.82) is 0 Å². The summed E-state index contributed by atoms with van der Waals surface area (Å²) in [5, 5.41) is 2.16. The summed E-state index contributed by atoms with van der Waals surface area (Å²) in [5.74, 6) is 1.06. The van der Waals surface area contributed by atoms with Gasteiger partial charge >= 0.3 is 0 Å². The number of methoxy groups -OCH3 is 1. The maximum Gasteiger partial charge on any atom is 0.230 e. The van der Waals surface area contributed by atoms with Gasteiger partial charge in [0.2, 0.25) is 5.91 Å². The van der Waals surface area contributed by atoms with Crippen LogP contribution in [0.4, 0.5) is 0 Å². The van der Waals surface area contributed by atoms with Gasteiger partial charge in [0.1, 0.15) is 0 Å². The number of carbonyl (C=O) groups excluding carboxylic acids is 1. The molecule has 3 saturated heterocycles. The van der Waals surface area contributed by atoms with Gasteiger partial charge in [0.25, 0.3) is 0 Å². The number of carbonyl (C=O) groups is 1. The zero-order chi connectivity index (χ0) is 19.7. The summed E-state index contributed by atoms with van der Waals surface area (Å²) in [7, 11) is 1.79. The highest BCUT2D eigenvalue weighted by Gasteiger charge is 2.60. The summed E-state index contributed by atoms with van der Waals surface area (Å²) < 4.78 is 5.52. The molecule has 2 bridgehead atoms. The molecule has 0 unspecified atom stereocenters. The van der Waals surface area contributed by atoms with Gasteiger partial charge in [-0.1, -0.05) is 13.8 Å². The Morgan fingerprint density at radius 1 is 1.32 bits per heavy atom. The molecule has 3 aliphatic heterocycles. The molecular weight excluding hydrogens is 370 g/mol. The van der Waals surface area contributed by atoms with Crippen LogP contribution in [0.15, 0.2) is 10.9 Å². The van der Waals surface area contributed by atoms with Crippen molar-refractivity contribution < 1.29 is 9.53 Å². The first-order valence-corrected chi connectivity index (χ1v) is 11.9. The first-order valence-electron chi connectivity index (χ1n) is 11.0. The van der Waals surface area contributed by atoms with E-state index in [-0.39, 0.29) is 5.41 Å². The van der Waals surface area contributed by atoms with Gasteiger partial charge in [-0.15, -0.1) is 11.3 Å². The molecule has 3 fully saturated rings. The molecule has 0 aliphatic carbocycles. The highest BCUT2D eigenvalue weighted by atomic mass is 32.1. The minimum atomic E-state index is -0.191. The minimum Gasteiger partial charge on any atom is -0.381 e. The molecular formula is C22H35N3O2S. The summed E-state index contributed by atoms with van der Waals surface area (Å²) in [6.45, 7) is 7.17. The Bertz CT molecular complexity index is 657. The number of nitrogens with zero attached hydrogens (tertiary/aromatic N) is 3. The third-order valence-corrected chi connectivity index (χ3v) is 8.00. The molecule has 5 nitrogen and oxygen atoms in total. The smallest absolute Gasteiger partial charge is 0.230 e. The van der Waals surface area contributed by atoms with E-state index < -0.39 is 0 Å². The second-order valence-corrected chi connectivity index (χ2v) is 10.1. The maximum absolute atomic E-state index is 13.9. The van der Waals surface area contributed by atoms with Crippen molar-refractivity contribution in [2.75, 3.05) is 20.2 Å². The minimum absolute atomic E-state index is 0.191. The lowest BCUT2D eigenvalue weighted by atomic mass is 9.68. The molecule has 3 atom stereocenters. The molecule has 4 rings (SSSR count). The molecule has 3 aliphatic rings. The van der Waals surface area contributed by atoms with Crippen LogP contribution < -0.4 is 0 Å². The molecule has 0 radical (unpaired) electrons. The first-order chi connectivity index (χ1) is 13.5. The lowest BCUT2D eigenvalue weighted by Gasteiger charge is -2.42. The Labute approximate surface area is 173 Å². The second-order valence-electron chi connectivity index (χ2n) is 9.42. The summed E-state index contributed by atoms with van der Waals surface area (Å²) >= 11 is 1.67. The Kier molecular flexibility index (Phi) is 6.09. The maximum atomic E-state index is 13.9. The number of aromatic nitrogens is 1. The quantitative estimate of drug-likeness (QED) is 0.689. The molecule has 0 N–H and O–H groups in total. The predicted molar refractivity (Wildman–Crippen MR) is 112 cm³/mol. The van der Waals surface area contributed by atoms with E-state index in [0.717, 1.165) is 63.9 Å². The van der Waals surface area contributed by atoms with E-state index in [9.17, 15) is 4.79 Å². The number of piperidine rings is 1. The average molecular weight is 406 g/mol. The van der Waals surface area contributed by atoms with Crippen LogP contribution in [0, 0.1) is 11.3 Å². The van der Waals surface area contributed by atoms with E-state index >= 15 is 0 Å². The van der Waals surface area contributed by atoms with Gasteiger partial charge in [0.15, 0.2) is 0 Å². The number of amides is 1. The lowest BCUT2D eigenvalue weighted by molar-refractivity contribution is -0.147. The molecule has 6 heteroatoms. The van der Waals surface area contributed by atoms with Crippen LogP contribution in [0.5, 0.6) is 0 Å². The molecule has 0 aromatic carbocycles. The zero-order valence-corrected chi connectivity index (χ0v) is 18.4. The fourth-order valence-corrected chi connectivity index (χ4v) is 6.36. The first kappa shape index (κ1) is 20.3. The molecule has 1 aromatic heterocycles. The third-order valence-electron chi connectivity index (χ3n) is 7.36. The van der Waals surface area contributed by atoms with Crippen molar-refractivity contribution in [2.45, 2.75) is 83.5 Å². The van der Waals surface area contributed by atoms with Crippen molar-refractivity contribution in [3.05, 3.63) is 16.6 Å². The second kappa shape index (κ2) is 8.41. The zero-order valence-electron chi connectivity index (χ0n) is 17.6. The topological polar surface area (TPSA) is 45.7 Å². The predicted octanol–water partition coefficient (Wildman–Crippen LogP) is 3.94. The van der Waals surface area contributed by atoms with Gasteiger partial charge < -0.3 is 9.64 Å². The fraction of sp³-hybridized carbons (Fsp3) is 0.818. The molecule has 1 aromatic rings. The van der Waals surface area contributed by atoms with Gasteiger partial charge in [-0.2, -0.15) is 0 Å². The Balaban J connectivity index is 1.54. The van der Waals surface area contributed by atoms with Gasteiger partial charge in [0, 0.05) is 44.2 Å². The summed E-state index contributed by atoms with van der Waals surface area (Å²) in [4.78, 5) is 23.2. The standard InChI is InChI=1S/C22H35N3O2S/c1-16(2)6-9-22(21(26)24-10-7-19(27-3)8-11-24)12-18-4-5-20(22)25(18)13-17-14-28-15-23-17/h14-16,18-20H,4-13H2,1-3H3/t18-,20+,22+/m1/s1. The molecule has 4 heterocycles. The van der Waals surface area contributed by atoms with Crippen LogP contribution in [-0.2, 0) is 16.1 Å². The number of hydrogen-bond acceptors (Lipinski definition) is 5. The molecule has 156 valence electrons. The van der Waals surface area contributed by atoms with Crippen molar-refractivity contribution in [3.8, 4) is 0 Å². The summed E-state index contributed by atoms with van der Waals surface area (Å²) in [6, 6.07) is 0.921. The van der Waals surface area contributed by atoms with Crippen LogP contribution in [-0.4, -0.2) is 59.1 Å². The SMILES string of the molecule is COC1CCN(C(=O)[C@@]2(CCC(C)C)C[C@H]3CC[C@@H]2N3Cc2cscn2)CC1. The van der Waals surface area contributed by atoms with Crippen LogP contribution in [0.2, 0.25) is 0 Å². The average Bonchev–Trinajstić information content (AvgIpc) is 3.43. The van der Waals surface area contributed by atoms with Crippen molar-refractivity contribution in [1.82, 2.24) is 14.8 Å². The number of likely N-dealkylation sites (tertiary alicyclic amines) is 1. The van der Waals surface area contributed by atoms with Gasteiger partial charge in [-0.25, -0.2) is 4.98 Å². The Morgan fingerprint density at radius 3 is 2.75 bits per heavy atom. The number of thiazole rings is 1. The lowest BCUT2D eigenvalue weighted by Crippen LogP contribution is -2.53. The van der Waals surface area contributed by atoms with E-state index in [0.29, 0.717) is 30.0 Å². The van der Waals surface area contributed by atoms with E-state index in [1.165, 1.54) is 6.42 Å². The van der Waals surface area contributed by atoms with Crippen LogP contribution >= 0.6 is 11.3 Å². The third kappa shape index (κ3) is 3.75. The Morgan fingerprint density at radius 2 is 2.11 bits per heavy atom. The van der Waals surface area contributed by atoms with Crippen LogP contribution in [0.25, 0.3) is 0 Å². The number of hydrogen-bond donors (Lipinski definition) is 0. The monoisotopic (exact) mass is 405 g/mol. The highest BCUT2D eigenvalue weighted by Crippen LogP contribution is 2.54. The number of ether oxygens (including phenoxy) is 1. The van der Waals surface area contributed by atoms with E-state index in [4.69, 9.17) is 4.74 Å². The number of fused-ring (bicyclic) bond motifs is 2. The van der Waals surface area contributed by atoms with E-state index in [2.05, 4.69) is 34.0 Å². The molecule has 28 heavy (non-hydrogen) atoms. The van der Waals surface area contributed by atoms with E-state index in [1.54, 1.807) is 18.4 Å². The summed E-state index contributed by atoms with van der Waals surface area (Å²) in [5.41, 5.74) is 2.89. The Hall–Kier alpha value is -0.980. The van der Waals surface area contributed by atoms with Crippen LogP contribution in [0.3, 0.4) is 0 Å². The number of rotatable bonds is 7. The van der Waals surface area contributed by atoms with Gasteiger partial charge in [-0.3, -0.25) is 9.69 Å². The van der Waals surface area contributed by atoms with Gasteiger partial charge in [-0.05, 0) is 50.9 Å². The largest absolute Gasteiger partial charge is 0.381 e. The molecule has 0 saturated carbocycles. The fourth-order valence-electron chi connectivity index (χ4n) is 5.81. The van der Waals surface area contributed by atoms with Crippen molar-refractivity contribution in [2.24, 2.45) is 11.3 Å². The normalized spacial score (nSPS) is 31.2. The molecule has 0 spiro atoms. The highest BCUT2D eigenvalue weighted by molar-refractivity contribution is 7.07. The van der Waals surface area contributed by atoms with Gasteiger partial charge in [0.05, 0.1) is 22.7 Å².